The van der Waals surface area contributed by atoms with Crippen LogP contribution in [0.15, 0.2) is 12.7 Å². The lowest BCUT2D eigenvalue weighted by molar-refractivity contribution is -0.125. The Kier molecular flexibility index (Phi) is 4.58. The molecule has 0 saturated heterocycles. The van der Waals surface area contributed by atoms with E-state index in [1.165, 1.54) is 6.08 Å². The molecule has 0 atom stereocenters. The molecule has 0 aromatic carbocycles. The van der Waals surface area contributed by atoms with Gasteiger partial charge in [-0.15, -0.1) is 0 Å². The number of carbonyl (C=O) groups excluding carboxylic acids is 1. The van der Waals surface area contributed by atoms with Crippen LogP contribution in [-0.4, -0.2) is 31.1 Å². The van der Waals surface area contributed by atoms with E-state index in [4.69, 9.17) is 0 Å². The Labute approximate surface area is 61.7 Å². The minimum Gasteiger partial charge on any atom is -0.329 e. The summed E-state index contributed by atoms with van der Waals surface area (Å²) in [5.74, 6) is -0.0547. The topological polar surface area (TPSA) is 32.3 Å². The summed E-state index contributed by atoms with van der Waals surface area (Å²) in [6.45, 7) is 6.82. The minimum absolute atomic E-state index is 0.0547. The fourth-order valence-electron chi connectivity index (χ4n) is 0.513. The monoisotopic (exact) mass is 142 g/mol. The van der Waals surface area contributed by atoms with Gasteiger partial charge in [-0.3, -0.25) is 4.79 Å². The highest BCUT2D eigenvalue weighted by Crippen LogP contribution is 1.81. The van der Waals surface area contributed by atoms with Crippen molar-refractivity contribution in [3.8, 4) is 0 Å². The van der Waals surface area contributed by atoms with Crippen molar-refractivity contribution in [3.63, 3.8) is 0 Å². The third-order valence-corrected chi connectivity index (χ3v) is 1.15. The first kappa shape index (κ1) is 9.17. The summed E-state index contributed by atoms with van der Waals surface area (Å²) in [6, 6.07) is 0. The molecule has 3 nitrogen and oxygen atoms in total. The van der Waals surface area contributed by atoms with Gasteiger partial charge in [0.05, 0.1) is 6.67 Å². The number of nitrogens with zero attached hydrogens (tertiary/aromatic N) is 1. The van der Waals surface area contributed by atoms with E-state index in [1.54, 1.807) is 11.9 Å². The number of carbonyl (C=O) groups is 1. The van der Waals surface area contributed by atoms with Crippen LogP contribution in [0.2, 0.25) is 0 Å². The van der Waals surface area contributed by atoms with Gasteiger partial charge in [0, 0.05) is 7.05 Å². The van der Waals surface area contributed by atoms with Crippen molar-refractivity contribution in [1.29, 1.82) is 0 Å². The Morgan fingerprint density at radius 2 is 2.40 bits per heavy atom. The molecule has 0 saturated carbocycles. The molecule has 0 bridgehead atoms. The van der Waals surface area contributed by atoms with Gasteiger partial charge in [-0.25, -0.2) is 0 Å². The molecule has 0 aliphatic rings. The number of likely N-dealkylation sites (N-methyl/N-ethyl adjacent to an activating group) is 1. The van der Waals surface area contributed by atoms with E-state index in [2.05, 4.69) is 11.9 Å². The van der Waals surface area contributed by atoms with Gasteiger partial charge in [-0.05, 0) is 12.6 Å². The van der Waals surface area contributed by atoms with Crippen LogP contribution in [-0.2, 0) is 4.79 Å². The number of rotatable bonds is 4. The lowest BCUT2D eigenvalue weighted by Gasteiger charge is -2.14. The van der Waals surface area contributed by atoms with Gasteiger partial charge in [-0.2, -0.15) is 0 Å². The molecule has 0 rings (SSSR count). The van der Waals surface area contributed by atoms with Crippen molar-refractivity contribution >= 4 is 5.91 Å². The number of hydrogen-bond acceptors (Lipinski definition) is 2. The molecule has 0 spiro atoms. The first-order valence-electron chi connectivity index (χ1n) is 3.30. The first-order chi connectivity index (χ1) is 4.72. The predicted octanol–water partition coefficient (Wildman–Crippen LogP) is 0.198. The van der Waals surface area contributed by atoms with Crippen LogP contribution < -0.4 is 5.32 Å². The van der Waals surface area contributed by atoms with Crippen molar-refractivity contribution in [3.05, 3.63) is 12.7 Å². The van der Waals surface area contributed by atoms with Crippen LogP contribution in [0.5, 0.6) is 0 Å². The summed E-state index contributed by atoms with van der Waals surface area (Å²) in [5.41, 5.74) is 0. The SMILES string of the molecule is C=CC(=O)N(C)CNCC. The minimum atomic E-state index is -0.0547. The van der Waals surface area contributed by atoms with Gasteiger partial charge in [0.25, 0.3) is 0 Å². The van der Waals surface area contributed by atoms with Gasteiger partial charge >= 0.3 is 0 Å². The zero-order chi connectivity index (χ0) is 7.98. The van der Waals surface area contributed by atoms with Gasteiger partial charge in [0.1, 0.15) is 0 Å². The van der Waals surface area contributed by atoms with Crippen molar-refractivity contribution in [2.24, 2.45) is 0 Å². The van der Waals surface area contributed by atoms with E-state index in [0.717, 1.165) is 6.54 Å². The van der Waals surface area contributed by atoms with E-state index in [9.17, 15) is 4.79 Å². The molecule has 0 aliphatic heterocycles. The standard InChI is InChI=1S/C7H14N2O/c1-4-7(10)9(3)6-8-5-2/h4,8H,1,5-6H2,2-3H3. The van der Waals surface area contributed by atoms with Crippen molar-refractivity contribution in [2.75, 3.05) is 20.3 Å². The van der Waals surface area contributed by atoms with Gasteiger partial charge < -0.3 is 10.2 Å². The van der Waals surface area contributed by atoms with Gasteiger partial charge in [0.2, 0.25) is 5.91 Å². The van der Waals surface area contributed by atoms with Crippen molar-refractivity contribution < 1.29 is 4.79 Å². The van der Waals surface area contributed by atoms with Gasteiger partial charge in [0.15, 0.2) is 0 Å². The third kappa shape index (κ3) is 3.25. The van der Waals surface area contributed by atoms with Crippen LogP contribution in [0.3, 0.4) is 0 Å². The highest BCUT2D eigenvalue weighted by Gasteiger charge is 2.00. The van der Waals surface area contributed by atoms with Gasteiger partial charge in [-0.1, -0.05) is 13.5 Å². The molecule has 0 radical (unpaired) electrons. The number of amides is 1. The zero-order valence-corrected chi connectivity index (χ0v) is 6.55. The lowest BCUT2D eigenvalue weighted by Crippen LogP contribution is -2.34. The van der Waals surface area contributed by atoms with E-state index < -0.39 is 0 Å². The maximum Gasteiger partial charge on any atom is 0.246 e. The fraction of sp³-hybridized carbons (Fsp3) is 0.571. The lowest BCUT2D eigenvalue weighted by atomic mass is 10.5. The second-order valence-electron chi connectivity index (χ2n) is 2.00. The Morgan fingerprint density at radius 1 is 1.80 bits per heavy atom. The van der Waals surface area contributed by atoms with Crippen molar-refractivity contribution in [1.82, 2.24) is 10.2 Å². The second kappa shape index (κ2) is 4.99. The maximum absolute atomic E-state index is 10.8. The zero-order valence-electron chi connectivity index (χ0n) is 6.55. The summed E-state index contributed by atoms with van der Waals surface area (Å²) < 4.78 is 0. The molecule has 0 aromatic heterocycles. The largest absolute Gasteiger partial charge is 0.329 e. The molecule has 0 aliphatic carbocycles. The maximum atomic E-state index is 10.8. The summed E-state index contributed by atoms with van der Waals surface area (Å²) in [5, 5.41) is 3.02. The van der Waals surface area contributed by atoms with Crippen LogP contribution in [0.4, 0.5) is 0 Å². The molecule has 3 heteroatoms. The summed E-state index contributed by atoms with van der Waals surface area (Å²) >= 11 is 0. The molecule has 1 amide bonds. The molecule has 10 heavy (non-hydrogen) atoms. The molecular formula is C7H14N2O. The average molecular weight is 142 g/mol. The van der Waals surface area contributed by atoms with Crippen LogP contribution in [0.25, 0.3) is 0 Å². The van der Waals surface area contributed by atoms with E-state index in [0.29, 0.717) is 6.67 Å². The molecular weight excluding hydrogens is 128 g/mol. The van der Waals surface area contributed by atoms with Crippen LogP contribution in [0, 0.1) is 0 Å². The normalized spacial score (nSPS) is 9.00. The molecule has 58 valence electrons. The Bertz CT molecular complexity index is 123. The quantitative estimate of drug-likeness (QED) is 0.449. The van der Waals surface area contributed by atoms with Crippen molar-refractivity contribution in [2.45, 2.75) is 6.92 Å². The molecule has 0 fully saturated rings. The average Bonchev–Trinajstić information content (AvgIpc) is 1.98. The second-order valence-corrected chi connectivity index (χ2v) is 2.00. The van der Waals surface area contributed by atoms with E-state index in [1.807, 2.05) is 6.92 Å². The highest BCUT2D eigenvalue weighted by molar-refractivity contribution is 5.86. The predicted molar refractivity (Wildman–Crippen MR) is 41.5 cm³/mol. The van der Waals surface area contributed by atoms with Crippen LogP contribution >= 0.6 is 0 Å². The molecule has 0 heterocycles. The number of hydrogen-bond donors (Lipinski definition) is 1. The molecule has 1 N–H and O–H groups in total. The summed E-state index contributed by atoms with van der Waals surface area (Å²) in [4.78, 5) is 12.4. The smallest absolute Gasteiger partial charge is 0.246 e. The molecule has 0 aromatic rings. The summed E-state index contributed by atoms with van der Waals surface area (Å²) in [6.07, 6.45) is 1.30. The highest BCUT2D eigenvalue weighted by atomic mass is 16.2. The summed E-state index contributed by atoms with van der Waals surface area (Å²) in [7, 11) is 1.73. The third-order valence-electron chi connectivity index (χ3n) is 1.15. The first-order valence-corrected chi connectivity index (χ1v) is 3.30. The van der Waals surface area contributed by atoms with E-state index >= 15 is 0 Å². The fourth-order valence-corrected chi connectivity index (χ4v) is 0.513. The molecule has 0 unspecified atom stereocenters. The Morgan fingerprint density at radius 3 is 2.80 bits per heavy atom. The van der Waals surface area contributed by atoms with E-state index in [-0.39, 0.29) is 5.91 Å². The Hall–Kier alpha value is -0.830. The number of nitrogens with one attached hydrogen (secondary N) is 1. The Balaban J connectivity index is 3.51. The van der Waals surface area contributed by atoms with Crippen LogP contribution in [0.1, 0.15) is 6.92 Å².